The second-order valence-electron chi connectivity index (χ2n) is 4.30. The van der Waals surface area contributed by atoms with Crippen LogP contribution >= 0.6 is 27.7 Å². The van der Waals surface area contributed by atoms with Gasteiger partial charge in [-0.1, -0.05) is 39.8 Å². The van der Waals surface area contributed by atoms with Gasteiger partial charge in [0, 0.05) is 15.8 Å². The van der Waals surface area contributed by atoms with E-state index in [0.717, 1.165) is 10.2 Å². The van der Waals surface area contributed by atoms with Gasteiger partial charge in [-0.2, -0.15) is 0 Å². The van der Waals surface area contributed by atoms with Crippen LogP contribution in [0.3, 0.4) is 0 Å². The fourth-order valence-corrected chi connectivity index (χ4v) is 2.69. The van der Waals surface area contributed by atoms with Crippen LogP contribution in [0.5, 0.6) is 0 Å². The minimum absolute atomic E-state index is 0.289. The molecule has 0 fully saturated rings. The average molecular weight is 365 g/mol. The van der Waals surface area contributed by atoms with Gasteiger partial charge in [-0.3, -0.25) is 0 Å². The highest BCUT2D eigenvalue weighted by Gasteiger charge is 2.09. The molecule has 0 N–H and O–H groups in total. The van der Waals surface area contributed by atoms with E-state index in [9.17, 15) is 4.39 Å². The molecule has 0 unspecified atom stereocenters. The summed E-state index contributed by atoms with van der Waals surface area (Å²) in [5.41, 5.74) is 1.88. The zero-order valence-corrected chi connectivity index (χ0v) is 13.2. The Kier molecular flexibility index (Phi) is 4.36. The van der Waals surface area contributed by atoms with Crippen molar-refractivity contribution in [2.24, 2.45) is 0 Å². The van der Waals surface area contributed by atoms with E-state index in [1.807, 2.05) is 24.3 Å². The number of thioether (sulfide) groups is 1. The molecule has 0 aliphatic carbocycles. The van der Waals surface area contributed by atoms with E-state index in [1.54, 1.807) is 12.1 Å². The van der Waals surface area contributed by atoms with E-state index < -0.39 is 0 Å². The predicted octanol–water partition coefficient (Wildman–Crippen LogP) is 4.93. The zero-order valence-electron chi connectivity index (χ0n) is 10.8. The molecule has 106 valence electrons. The van der Waals surface area contributed by atoms with Crippen LogP contribution in [0.25, 0.3) is 11.5 Å². The molecule has 0 radical (unpaired) electrons. The lowest BCUT2D eigenvalue weighted by Crippen LogP contribution is -1.80. The maximum atomic E-state index is 12.9. The lowest BCUT2D eigenvalue weighted by atomic mass is 10.2. The molecular weight excluding hydrogens is 355 g/mol. The largest absolute Gasteiger partial charge is 0.411 e. The Balaban J connectivity index is 1.67. The van der Waals surface area contributed by atoms with Crippen LogP contribution < -0.4 is 0 Å². The van der Waals surface area contributed by atoms with Gasteiger partial charge in [0.1, 0.15) is 5.82 Å². The highest BCUT2D eigenvalue weighted by molar-refractivity contribution is 9.10. The van der Waals surface area contributed by atoms with Crippen molar-refractivity contribution in [1.82, 2.24) is 10.2 Å². The molecule has 2 aromatic carbocycles. The summed E-state index contributed by atoms with van der Waals surface area (Å²) in [5.74, 6) is 0.856. The molecule has 0 atom stereocenters. The SMILES string of the molecule is Fc1ccc(-c2nnc(SCc3ccc(Br)cc3)o2)cc1. The van der Waals surface area contributed by atoms with Gasteiger partial charge in [-0.25, -0.2) is 4.39 Å². The summed E-state index contributed by atoms with van der Waals surface area (Å²) < 4.78 is 19.5. The van der Waals surface area contributed by atoms with Crippen molar-refractivity contribution < 1.29 is 8.81 Å². The molecule has 3 rings (SSSR count). The minimum atomic E-state index is -0.289. The van der Waals surface area contributed by atoms with Crippen LogP contribution in [0.15, 0.2) is 62.6 Å². The summed E-state index contributed by atoms with van der Waals surface area (Å²) in [6.45, 7) is 0. The van der Waals surface area contributed by atoms with Crippen LogP contribution in [0.1, 0.15) is 5.56 Å². The normalized spacial score (nSPS) is 10.8. The third-order valence-electron chi connectivity index (χ3n) is 2.77. The molecule has 21 heavy (non-hydrogen) atoms. The predicted molar refractivity (Wildman–Crippen MR) is 83.4 cm³/mol. The van der Waals surface area contributed by atoms with Crippen molar-refractivity contribution in [3.8, 4) is 11.5 Å². The molecule has 3 nitrogen and oxygen atoms in total. The van der Waals surface area contributed by atoms with E-state index in [0.29, 0.717) is 16.7 Å². The maximum absolute atomic E-state index is 12.9. The number of halogens is 2. The standard InChI is InChI=1S/C15H10BrFN2OS/c16-12-5-1-10(2-6-12)9-21-15-19-18-14(20-15)11-3-7-13(17)8-4-11/h1-8H,9H2. The lowest BCUT2D eigenvalue weighted by Gasteiger charge is -1.98. The van der Waals surface area contributed by atoms with Crippen molar-refractivity contribution in [2.75, 3.05) is 0 Å². The lowest BCUT2D eigenvalue weighted by molar-refractivity contribution is 0.465. The van der Waals surface area contributed by atoms with Gasteiger partial charge in [0.15, 0.2) is 0 Å². The molecule has 0 saturated carbocycles. The maximum Gasteiger partial charge on any atom is 0.277 e. The van der Waals surface area contributed by atoms with E-state index in [1.165, 1.54) is 29.5 Å². The first-order valence-corrected chi connectivity index (χ1v) is 7.95. The van der Waals surface area contributed by atoms with Crippen LogP contribution in [-0.4, -0.2) is 10.2 Å². The van der Waals surface area contributed by atoms with E-state index in [4.69, 9.17) is 4.42 Å². The third-order valence-corrected chi connectivity index (χ3v) is 4.19. The Morgan fingerprint density at radius 3 is 2.43 bits per heavy atom. The van der Waals surface area contributed by atoms with Gasteiger partial charge in [-0.15, -0.1) is 10.2 Å². The monoisotopic (exact) mass is 364 g/mol. The summed E-state index contributed by atoms with van der Waals surface area (Å²) in [6.07, 6.45) is 0. The number of rotatable bonds is 4. The number of aromatic nitrogens is 2. The smallest absolute Gasteiger partial charge is 0.277 e. The molecule has 0 saturated heterocycles. The molecule has 0 aliphatic heterocycles. The summed E-state index contributed by atoms with van der Waals surface area (Å²) in [5, 5.41) is 8.46. The number of hydrogen-bond donors (Lipinski definition) is 0. The van der Waals surface area contributed by atoms with Crippen LogP contribution in [0.4, 0.5) is 4.39 Å². The number of nitrogens with zero attached hydrogens (tertiary/aromatic N) is 2. The third kappa shape index (κ3) is 3.71. The molecule has 1 heterocycles. The van der Waals surface area contributed by atoms with Gasteiger partial charge >= 0.3 is 0 Å². The number of hydrogen-bond acceptors (Lipinski definition) is 4. The number of benzene rings is 2. The fourth-order valence-electron chi connectivity index (χ4n) is 1.70. The van der Waals surface area contributed by atoms with E-state index in [2.05, 4.69) is 26.1 Å². The van der Waals surface area contributed by atoms with Crippen molar-refractivity contribution in [3.05, 3.63) is 64.4 Å². The Labute approximate surface area is 133 Å². The molecule has 0 bridgehead atoms. The Morgan fingerprint density at radius 2 is 1.71 bits per heavy atom. The molecule has 0 aliphatic rings. The highest BCUT2D eigenvalue weighted by atomic mass is 79.9. The van der Waals surface area contributed by atoms with Crippen molar-refractivity contribution in [1.29, 1.82) is 0 Å². The quantitative estimate of drug-likeness (QED) is 0.615. The second-order valence-corrected chi connectivity index (χ2v) is 6.14. The molecule has 3 aromatic rings. The molecule has 6 heteroatoms. The summed E-state index contributed by atoms with van der Waals surface area (Å²) in [4.78, 5) is 0. The van der Waals surface area contributed by atoms with Gasteiger partial charge in [-0.05, 0) is 42.0 Å². The van der Waals surface area contributed by atoms with Crippen LogP contribution in [0.2, 0.25) is 0 Å². The minimum Gasteiger partial charge on any atom is -0.411 e. The molecular formula is C15H10BrFN2OS. The van der Waals surface area contributed by atoms with Gasteiger partial charge < -0.3 is 4.42 Å². The Morgan fingerprint density at radius 1 is 1.00 bits per heavy atom. The van der Waals surface area contributed by atoms with Gasteiger partial charge in [0.25, 0.3) is 5.22 Å². The van der Waals surface area contributed by atoms with Crippen LogP contribution in [0, 0.1) is 5.82 Å². The summed E-state index contributed by atoms with van der Waals surface area (Å²) >= 11 is 4.87. The first kappa shape index (κ1) is 14.3. The fraction of sp³-hybridized carbons (Fsp3) is 0.0667. The Hall–Kier alpha value is -1.66. The van der Waals surface area contributed by atoms with Gasteiger partial charge in [0.2, 0.25) is 5.89 Å². The van der Waals surface area contributed by atoms with Crippen molar-refractivity contribution in [3.63, 3.8) is 0 Å². The zero-order chi connectivity index (χ0) is 14.7. The molecule has 1 aromatic heterocycles. The summed E-state index contributed by atoms with van der Waals surface area (Å²) in [7, 11) is 0. The topological polar surface area (TPSA) is 38.9 Å². The van der Waals surface area contributed by atoms with Crippen molar-refractivity contribution in [2.45, 2.75) is 11.0 Å². The van der Waals surface area contributed by atoms with E-state index >= 15 is 0 Å². The molecule has 0 amide bonds. The van der Waals surface area contributed by atoms with Crippen molar-refractivity contribution >= 4 is 27.7 Å². The van der Waals surface area contributed by atoms with Gasteiger partial charge in [0.05, 0.1) is 0 Å². The average Bonchev–Trinajstić information content (AvgIpc) is 2.96. The molecule has 0 spiro atoms. The van der Waals surface area contributed by atoms with E-state index in [-0.39, 0.29) is 5.82 Å². The highest BCUT2D eigenvalue weighted by Crippen LogP contribution is 2.26. The Bertz CT molecular complexity index is 728. The first-order valence-electron chi connectivity index (χ1n) is 6.17. The van der Waals surface area contributed by atoms with Crippen LogP contribution in [-0.2, 0) is 5.75 Å². The second kappa shape index (κ2) is 6.41. The first-order chi connectivity index (χ1) is 10.2. The summed E-state index contributed by atoms with van der Waals surface area (Å²) in [6, 6.07) is 14.0.